The van der Waals surface area contributed by atoms with E-state index in [1.807, 2.05) is 0 Å². The molecular weight excluding hydrogens is 131 g/mol. The molecule has 0 amide bonds. The van der Waals surface area contributed by atoms with Crippen LogP contribution in [-0.4, -0.2) is 17.4 Å². The minimum atomic E-state index is -0.833. The van der Waals surface area contributed by atoms with Gasteiger partial charge in [-0.2, -0.15) is 0 Å². The van der Waals surface area contributed by atoms with E-state index < -0.39 is 5.97 Å². The van der Waals surface area contributed by atoms with E-state index in [1.54, 1.807) is 0 Å². The number of nitrogens with two attached hydrogens (primary N) is 1. The van der Waals surface area contributed by atoms with E-state index in [2.05, 4.69) is 5.73 Å². The van der Waals surface area contributed by atoms with Gasteiger partial charge in [0.15, 0.2) is 0 Å². The molecule has 0 unspecified atom stereocenters. The van der Waals surface area contributed by atoms with Crippen molar-refractivity contribution in [1.29, 1.82) is 5.41 Å². The van der Waals surface area contributed by atoms with Crippen LogP contribution in [0.15, 0.2) is 0 Å². The van der Waals surface area contributed by atoms with Gasteiger partial charge in [-0.05, 0) is 0 Å². The van der Waals surface area contributed by atoms with Crippen LogP contribution in [0.2, 0.25) is 0 Å². The van der Waals surface area contributed by atoms with Crippen LogP contribution in [0.1, 0.15) is 6.92 Å². The summed E-state index contributed by atoms with van der Waals surface area (Å²) in [4.78, 5) is 9.00. The van der Waals surface area contributed by atoms with Crippen molar-refractivity contribution in [2.75, 3.05) is 0 Å². The maximum absolute atomic E-state index is 9.00. The SMILES string of the molecule is CC(=O)O.Cl.N=CN. The maximum Gasteiger partial charge on any atom is 0.300 e. The highest BCUT2D eigenvalue weighted by Gasteiger charge is 1.65. The Kier molecular flexibility index (Phi) is 32.0. The molecule has 0 aliphatic rings. The number of halogens is 1. The zero-order chi connectivity index (χ0) is 6.28. The van der Waals surface area contributed by atoms with Crippen molar-refractivity contribution in [3.63, 3.8) is 0 Å². The first-order valence-electron chi connectivity index (χ1n) is 1.55. The van der Waals surface area contributed by atoms with Gasteiger partial charge in [0.05, 0.1) is 6.34 Å². The third-order valence-electron chi connectivity index (χ3n) is 0. The molecule has 0 saturated carbocycles. The Bertz CT molecular complexity index is 62.3. The fraction of sp³-hybridized carbons (Fsp3) is 0.333. The molecule has 0 atom stereocenters. The summed E-state index contributed by atoms with van der Waals surface area (Å²) in [6.07, 6.45) is 0.750. The highest BCUT2D eigenvalue weighted by Crippen LogP contribution is 1.42. The monoisotopic (exact) mass is 140 g/mol. The molecule has 8 heavy (non-hydrogen) atoms. The van der Waals surface area contributed by atoms with Gasteiger partial charge in [-0.1, -0.05) is 0 Å². The zero-order valence-electron chi connectivity index (χ0n) is 4.42. The molecule has 0 bridgehead atoms. The first-order chi connectivity index (χ1) is 3.15. The van der Waals surface area contributed by atoms with Crippen molar-refractivity contribution in [2.24, 2.45) is 5.73 Å². The molecule has 0 saturated heterocycles. The highest BCUT2D eigenvalue weighted by molar-refractivity contribution is 5.85. The Morgan fingerprint density at radius 2 is 1.88 bits per heavy atom. The van der Waals surface area contributed by atoms with Gasteiger partial charge in [0.25, 0.3) is 5.97 Å². The van der Waals surface area contributed by atoms with Gasteiger partial charge < -0.3 is 10.8 Å². The third-order valence-corrected chi connectivity index (χ3v) is 0. The van der Waals surface area contributed by atoms with Crippen molar-refractivity contribution in [3.8, 4) is 0 Å². The van der Waals surface area contributed by atoms with Gasteiger partial charge in [-0.25, -0.2) is 0 Å². The van der Waals surface area contributed by atoms with Crippen LogP contribution in [0.4, 0.5) is 0 Å². The Hall–Kier alpha value is -0.770. The predicted molar refractivity (Wildman–Crippen MR) is 33.5 cm³/mol. The van der Waals surface area contributed by atoms with E-state index in [-0.39, 0.29) is 12.4 Å². The Morgan fingerprint density at radius 1 is 1.88 bits per heavy atom. The van der Waals surface area contributed by atoms with Crippen LogP contribution >= 0.6 is 12.4 Å². The van der Waals surface area contributed by atoms with Gasteiger partial charge in [0.1, 0.15) is 0 Å². The number of nitrogens with one attached hydrogen (secondary N) is 1. The number of rotatable bonds is 0. The lowest BCUT2D eigenvalue weighted by molar-refractivity contribution is -0.134. The smallest absolute Gasteiger partial charge is 0.300 e. The molecule has 0 radical (unpaired) electrons. The molecule has 4 N–H and O–H groups in total. The number of hydrogen-bond donors (Lipinski definition) is 3. The standard InChI is InChI=1S/C2H4O2.CH4N2.ClH/c1-2(3)4;2-1-3;/h1H3,(H,3,4);1H,(H3,2,3);1H. The first kappa shape index (κ1) is 15.7. The van der Waals surface area contributed by atoms with Crippen LogP contribution in [0.3, 0.4) is 0 Å². The minimum Gasteiger partial charge on any atom is -0.481 e. The van der Waals surface area contributed by atoms with Crippen LogP contribution in [0, 0.1) is 5.41 Å². The van der Waals surface area contributed by atoms with E-state index >= 15 is 0 Å². The molecule has 0 fully saturated rings. The second-order valence-corrected chi connectivity index (χ2v) is 0.686. The number of carbonyl (C=O) groups is 1. The summed E-state index contributed by atoms with van der Waals surface area (Å²) in [7, 11) is 0. The molecule has 0 aromatic rings. The van der Waals surface area contributed by atoms with Crippen LogP contribution in [-0.2, 0) is 4.79 Å². The summed E-state index contributed by atoms with van der Waals surface area (Å²) in [5.74, 6) is -0.833. The summed E-state index contributed by atoms with van der Waals surface area (Å²) in [6, 6.07) is 0. The van der Waals surface area contributed by atoms with Gasteiger partial charge in [-0.3, -0.25) is 10.2 Å². The lowest BCUT2D eigenvalue weighted by Crippen LogP contribution is -1.81. The number of carboxylic acid groups (broad SMARTS) is 1. The lowest BCUT2D eigenvalue weighted by atomic mass is 10.9. The average Bonchev–Trinajstić information content (AvgIpc) is 1.33. The minimum absolute atomic E-state index is 0. The molecule has 0 aromatic heterocycles. The third kappa shape index (κ3) is 158. The zero-order valence-corrected chi connectivity index (χ0v) is 5.23. The van der Waals surface area contributed by atoms with E-state index in [0.717, 1.165) is 13.3 Å². The summed E-state index contributed by atoms with van der Waals surface area (Å²) in [5.41, 5.74) is 4.39. The van der Waals surface area contributed by atoms with Crippen molar-refractivity contribution >= 4 is 24.7 Å². The average molecular weight is 141 g/mol. The first-order valence-corrected chi connectivity index (χ1v) is 1.55. The second-order valence-electron chi connectivity index (χ2n) is 0.686. The molecule has 0 heterocycles. The molecule has 4 nitrogen and oxygen atoms in total. The highest BCUT2D eigenvalue weighted by atomic mass is 35.5. The molecule has 0 rings (SSSR count). The molecule has 0 aromatic carbocycles. The van der Waals surface area contributed by atoms with Gasteiger partial charge >= 0.3 is 0 Å². The summed E-state index contributed by atoms with van der Waals surface area (Å²) in [6.45, 7) is 1.08. The molecule has 5 heteroatoms. The number of carboxylic acids is 1. The number of aliphatic carboxylic acids is 1. The fourth-order valence-electron chi connectivity index (χ4n) is 0. The van der Waals surface area contributed by atoms with Gasteiger partial charge in [0.2, 0.25) is 0 Å². The fourth-order valence-corrected chi connectivity index (χ4v) is 0. The lowest BCUT2D eigenvalue weighted by Gasteiger charge is -1.59. The van der Waals surface area contributed by atoms with Crippen molar-refractivity contribution in [1.82, 2.24) is 0 Å². The van der Waals surface area contributed by atoms with Crippen LogP contribution in [0.5, 0.6) is 0 Å². The molecule has 0 aliphatic heterocycles. The van der Waals surface area contributed by atoms with E-state index in [1.165, 1.54) is 0 Å². The topological polar surface area (TPSA) is 87.2 Å². The summed E-state index contributed by atoms with van der Waals surface area (Å²) >= 11 is 0. The second kappa shape index (κ2) is 16.3. The Labute approximate surface area is 53.6 Å². The summed E-state index contributed by atoms with van der Waals surface area (Å²) in [5, 5.41) is 13.3. The van der Waals surface area contributed by atoms with E-state index in [0.29, 0.717) is 0 Å². The maximum atomic E-state index is 9.00. The van der Waals surface area contributed by atoms with Crippen molar-refractivity contribution in [3.05, 3.63) is 0 Å². The summed E-state index contributed by atoms with van der Waals surface area (Å²) < 4.78 is 0. The van der Waals surface area contributed by atoms with Crippen LogP contribution in [0.25, 0.3) is 0 Å². The van der Waals surface area contributed by atoms with Crippen molar-refractivity contribution in [2.45, 2.75) is 6.92 Å². The largest absolute Gasteiger partial charge is 0.481 e. The van der Waals surface area contributed by atoms with Crippen LogP contribution < -0.4 is 5.73 Å². The normalized spacial score (nSPS) is 4.62. The Balaban J connectivity index is -0.0000000575. The Morgan fingerprint density at radius 3 is 1.88 bits per heavy atom. The molecule has 50 valence electrons. The molecule has 0 aliphatic carbocycles. The van der Waals surface area contributed by atoms with Gasteiger partial charge in [-0.15, -0.1) is 12.4 Å². The molecule has 0 spiro atoms. The quantitative estimate of drug-likeness (QED) is 0.329. The van der Waals surface area contributed by atoms with Gasteiger partial charge in [0, 0.05) is 6.92 Å². The van der Waals surface area contributed by atoms with E-state index in [4.69, 9.17) is 15.3 Å². The van der Waals surface area contributed by atoms with Crippen molar-refractivity contribution < 1.29 is 9.90 Å². The predicted octanol–water partition coefficient (Wildman–Crippen LogP) is 0.0649. The van der Waals surface area contributed by atoms with E-state index in [9.17, 15) is 0 Å². The molecular formula is C3H9ClN2O2. The number of hydrogen-bond acceptors (Lipinski definition) is 2.